The number of nitrogens with one attached hydrogen (secondary N) is 1. The van der Waals surface area contributed by atoms with Crippen molar-refractivity contribution in [3.05, 3.63) is 54.1 Å². The van der Waals surface area contributed by atoms with Gasteiger partial charge in [-0.25, -0.2) is 9.98 Å². The lowest BCUT2D eigenvalue weighted by atomic mass is 10.1. The van der Waals surface area contributed by atoms with Gasteiger partial charge in [0.1, 0.15) is 0 Å². The monoisotopic (exact) mass is 371 g/mol. The summed E-state index contributed by atoms with van der Waals surface area (Å²) in [5.41, 5.74) is 2.53. The highest BCUT2D eigenvalue weighted by molar-refractivity contribution is 8.00. The molecule has 2 heterocycles. The van der Waals surface area contributed by atoms with Crippen molar-refractivity contribution in [2.24, 2.45) is 4.99 Å². The van der Waals surface area contributed by atoms with Gasteiger partial charge in [-0.15, -0.1) is 0 Å². The first-order valence-electron chi connectivity index (χ1n) is 9.47. The fourth-order valence-corrected chi connectivity index (χ4v) is 4.35. The van der Waals surface area contributed by atoms with Crippen molar-refractivity contribution < 1.29 is 0 Å². The summed E-state index contributed by atoms with van der Waals surface area (Å²) in [6.07, 6.45) is 6.88. The number of benzene rings is 1. The quantitative estimate of drug-likeness (QED) is 0.626. The lowest BCUT2D eigenvalue weighted by Gasteiger charge is -2.34. The molecular formula is C20H29N5S. The van der Waals surface area contributed by atoms with Crippen LogP contribution < -0.4 is 5.32 Å². The molecule has 26 heavy (non-hydrogen) atoms. The fraction of sp³-hybridized carbons (Fsp3) is 0.500. The highest BCUT2D eigenvalue weighted by Crippen LogP contribution is 2.21. The summed E-state index contributed by atoms with van der Waals surface area (Å²) in [4.78, 5) is 11.4. The third-order valence-electron chi connectivity index (χ3n) is 4.56. The van der Waals surface area contributed by atoms with Crippen LogP contribution in [0.5, 0.6) is 0 Å². The van der Waals surface area contributed by atoms with E-state index in [1.807, 2.05) is 18.7 Å². The molecule has 1 N–H and O–H groups in total. The van der Waals surface area contributed by atoms with Gasteiger partial charge < -0.3 is 14.8 Å². The minimum atomic E-state index is 0.709. The summed E-state index contributed by atoms with van der Waals surface area (Å²) in [7, 11) is 0. The van der Waals surface area contributed by atoms with E-state index >= 15 is 0 Å². The smallest absolute Gasteiger partial charge is 0.194 e. The predicted molar refractivity (Wildman–Crippen MR) is 111 cm³/mol. The van der Waals surface area contributed by atoms with Crippen LogP contribution >= 0.6 is 11.8 Å². The normalized spacial score (nSPS) is 18.2. The highest BCUT2D eigenvalue weighted by atomic mass is 32.2. The van der Waals surface area contributed by atoms with Gasteiger partial charge in [-0.3, -0.25) is 0 Å². The maximum absolute atomic E-state index is 4.92. The van der Waals surface area contributed by atoms with Crippen LogP contribution in [0.2, 0.25) is 0 Å². The first kappa shape index (κ1) is 18.8. The van der Waals surface area contributed by atoms with Crippen LogP contribution in [0.3, 0.4) is 0 Å². The van der Waals surface area contributed by atoms with E-state index < -0.39 is 0 Å². The third kappa shape index (κ3) is 5.27. The number of hydrogen-bond acceptors (Lipinski definition) is 3. The van der Waals surface area contributed by atoms with Crippen molar-refractivity contribution in [3.63, 3.8) is 0 Å². The first-order valence-corrected chi connectivity index (χ1v) is 10.5. The minimum absolute atomic E-state index is 0.709. The summed E-state index contributed by atoms with van der Waals surface area (Å²) in [5, 5.41) is 4.19. The number of thioether (sulfide) groups is 1. The molecule has 0 aliphatic carbocycles. The van der Waals surface area contributed by atoms with E-state index in [0.717, 1.165) is 32.1 Å². The summed E-state index contributed by atoms with van der Waals surface area (Å²) in [6, 6.07) is 8.68. The van der Waals surface area contributed by atoms with Crippen LogP contribution in [-0.2, 0) is 13.1 Å². The van der Waals surface area contributed by atoms with E-state index in [0.29, 0.717) is 11.8 Å². The Morgan fingerprint density at radius 1 is 1.35 bits per heavy atom. The molecule has 1 atom stereocenters. The fourth-order valence-electron chi connectivity index (χ4n) is 3.17. The Morgan fingerprint density at radius 2 is 2.23 bits per heavy atom. The van der Waals surface area contributed by atoms with Gasteiger partial charge in [0.15, 0.2) is 5.96 Å². The Hall–Kier alpha value is -1.95. The van der Waals surface area contributed by atoms with Crippen molar-refractivity contribution in [2.75, 3.05) is 25.4 Å². The number of aromatic nitrogens is 2. The molecule has 5 nitrogen and oxygen atoms in total. The van der Waals surface area contributed by atoms with Crippen LogP contribution in [0.15, 0.2) is 48.0 Å². The van der Waals surface area contributed by atoms with E-state index in [-0.39, 0.29) is 0 Å². The number of guanidine groups is 1. The Bertz CT molecular complexity index is 698. The highest BCUT2D eigenvalue weighted by Gasteiger charge is 2.21. The Balaban J connectivity index is 1.67. The molecule has 0 radical (unpaired) electrons. The van der Waals surface area contributed by atoms with Crippen molar-refractivity contribution in [3.8, 4) is 0 Å². The van der Waals surface area contributed by atoms with E-state index in [1.165, 1.54) is 23.3 Å². The molecule has 1 aliphatic rings. The molecule has 0 bridgehead atoms. The number of nitrogens with zero attached hydrogens (tertiary/aromatic N) is 4. The molecule has 3 rings (SSSR count). The molecule has 0 spiro atoms. The number of rotatable bonds is 6. The zero-order chi connectivity index (χ0) is 18.2. The van der Waals surface area contributed by atoms with Crippen LogP contribution in [0.1, 0.15) is 31.4 Å². The molecule has 2 aromatic rings. The van der Waals surface area contributed by atoms with Crippen LogP contribution in [-0.4, -0.2) is 51.0 Å². The number of aliphatic imine (C=N–C) groups is 1. The predicted octanol–water partition coefficient (Wildman–Crippen LogP) is 3.22. The van der Waals surface area contributed by atoms with Gasteiger partial charge in [-0.2, -0.15) is 11.8 Å². The van der Waals surface area contributed by atoms with Crippen LogP contribution in [0, 0.1) is 0 Å². The van der Waals surface area contributed by atoms with Gasteiger partial charge >= 0.3 is 0 Å². The first-order chi connectivity index (χ1) is 12.8. The maximum Gasteiger partial charge on any atom is 0.194 e. The van der Waals surface area contributed by atoms with Crippen LogP contribution in [0.4, 0.5) is 0 Å². The van der Waals surface area contributed by atoms with Gasteiger partial charge in [0.25, 0.3) is 0 Å². The summed E-state index contributed by atoms with van der Waals surface area (Å²) >= 11 is 2.09. The maximum atomic E-state index is 4.92. The standard InChI is InChI=1S/C20H29N5S/c1-3-19-15-25(10-11-26-19)20(22-4-2)23-13-17-6-5-7-18(12-17)14-24-9-8-21-16-24/h5-9,12,16,19H,3-4,10-11,13-15H2,1-2H3,(H,22,23). The molecule has 0 saturated carbocycles. The summed E-state index contributed by atoms with van der Waals surface area (Å²) < 4.78 is 2.09. The molecule has 1 aromatic heterocycles. The van der Waals surface area contributed by atoms with E-state index in [9.17, 15) is 0 Å². The lowest BCUT2D eigenvalue weighted by Crippen LogP contribution is -2.48. The van der Waals surface area contributed by atoms with E-state index in [4.69, 9.17) is 4.99 Å². The van der Waals surface area contributed by atoms with Crippen molar-refractivity contribution in [1.82, 2.24) is 19.8 Å². The molecule has 1 unspecified atom stereocenters. The second-order valence-corrected chi connectivity index (χ2v) is 7.98. The van der Waals surface area contributed by atoms with Crippen molar-refractivity contribution in [2.45, 2.75) is 38.6 Å². The molecule has 0 amide bonds. The molecule has 1 fully saturated rings. The lowest BCUT2D eigenvalue weighted by molar-refractivity contribution is 0.408. The number of hydrogen-bond donors (Lipinski definition) is 1. The van der Waals surface area contributed by atoms with E-state index in [2.05, 4.69) is 69.6 Å². The molecule has 140 valence electrons. The van der Waals surface area contributed by atoms with Gasteiger partial charge in [0.05, 0.1) is 12.9 Å². The Kier molecular flexibility index (Phi) is 7.00. The molecular weight excluding hydrogens is 342 g/mol. The topological polar surface area (TPSA) is 45.5 Å². The molecule has 1 aliphatic heterocycles. The second kappa shape index (κ2) is 9.67. The zero-order valence-electron chi connectivity index (χ0n) is 15.8. The molecule has 6 heteroatoms. The summed E-state index contributed by atoms with van der Waals surface area (Å²) in [5.74, 6) is 2.23. The van der Waals surface area contributed by atoms with Gasteiger partial charge in [0.2, 0.25) is 0 Å². The summed E-state index contributed by atoms with van der Waals surface area (Å²) in [6.45, 7) is 9.04. The number of imidazole rings is 1. The third-order valence-corrected chi connectivity index (χ3v) is 5.93. The average molecular weight is 372 g/mol. The van der Waals surface area contributed by atoms with Crippen molar-refractivity contribution in [1.29, 1.82) is 0 Å². The van der Waals surface area contributed by atoms with Crippen molar-refractivity contribution >= 4 is 17.7 Å². The Morgan fingerprint density at radius 3 is 3.00 bits per heavy atom. The molecule has 1 saturated heterocycles. The largest absolute Gasteiger partial charge is 0.357 e. The van der Waals surface area contributed by atoms with Gasteiger partial charge in [-0.05, 0) is 24.5 Å². The zero-order valence-corrected chi connectivity index (χ0v) is 16.6. The van der Waals surface area contributed by atoms with Gasteiger partial charge in [0, 0.05) is 49.6 Å². The Labute approximate surface area is 160 Å². The SMILES string of the molecule is CCNC(=NCc1cccc(Cn2ccnc2)c1)N1CCSC(CC)C1. The van der Waals surface area contributed by atoms with E-state index in [1.54, 1.807) is 0 Å². The second-order valence-electron chi connectivity index (χ2n) is 6.57. The average Bonchev–Trinajstić information content (AvgIpc) is 3.18. The van der Waals surface area contributed by atoms with Crippen LogP contribution in [0.25, 0.3) is 0 Å². The van der Waals surface area contributed by atoms with Gasteiger partial charge in [-0.1, -0.05) is 31.2 Å². The molecule has 1 aromatic carbocycles. The minimum Gasteiger partial charge on any atom is -0.357 e.